The molecule has 1 aromatic carbocycles. The third-order valence-electron chi connectivity index (χ3n) is 3.89. The first-order valence-corrected chi connectivity index (χ1v) is 7.34. The maximum Gasteiger partial charge on any atom is 0.321 e. The third-order valence-corrected chi connectivity index (χ3v) is 3.89. The van der Waals surface area contributed by atoms with Gasteiger partial charge in [0, 0.05) is 13.1 Å². The molecule has 1 fully saturated rings. The minimum atomic E-state index is -0.850. The number of benzene rings is 1. The van der Waals surface area contributed by atoms with Crippen LogP contribution in [0.15, 0.2) is 18.2 Å². The molecule has 2 atom stereocenters. The number of carbonyl (C=O) groups is 2. The van der Waals surface area contributed by atoms with Gasteiger partial charge in [-0.1, -0.05) is 13.0 Å². The van der Waals surface area contributed by atoms with Crippen LogP contribution in [0.3, 0.4) is 0 Å². The van der Waals surface area contributed by atoms with Gasteiger partial charge in [0.15, 0.2) is 0 Å². The Balaban J connectivity index is 2.11. The van der Waals surface area contributed by atoms with Gasteiger partial charge in [0.25, 0.3) is 0 Å². The molecule has 1 aliphatic heterocycles. The molecule has 0 saturated carbocycles. The minimum absolute atomic E-state index is 0.167. The van der Waals surface area contributed by atoms with Crippen molar-refractivity contribution in [3.63, 3.8) is 0 Å². The molecular weight excluding hydrogens is 284 g/mol. The highest BCUT2D eigenvalue weighted by Crippen LogP contribution is 2.27. The molecule has 22 heavy (non-hydrogen) atoms. The molecule has 6 nitrogen and oxygen atoms in total. The molecule has 0 radical (unpaired) electrons. The number of piperidine rings is 1. The van der Waals surface area contributed by atoms with Gasteiger partial charge in [0.2, 0.25) is 0 Å². The summed E-state index contributed by atoms with van der Waals surface area (Å²) in [5.41, 5.74) is 1.60. The highest BCUT2D eigenvalue weighted by Gasteiger charge is 2.32. The molecule has 0 aromatic heterocycles. The van der Waals surface area contributed by atoms with E-state index >= 15 is 0 Å². The van der Waals surface area contributed by atoms with Crippen LogP contribution in [0.5, 0.6) is 5.75 Å². The lowest BCUT2D eigenvalue weighted by atomic mass is 9.91. The first kappa shape index (κ1) is 16.1. The van der Waals surface area contributed by atoms with E-state index < -0.39 is 11.9 Å². The molecule has 1 heterocycles. The van der Waals surface area contributed by atoms with E-state index in [9.17, 15) is 14.7 Å². The maximum absolute atomic E-state index is 12.4. The summed E-state index contributed by atoms with van der Waals surface area (Å²) in [5.74, 6) is -0.606. The summed E-state index contributed by atoms with van der Waals surface area (Å²) in [4.78, 5) is 25.2. The third kappa shape index (κ3) is 3.69. The lowest BCUT2D eigenvalue weighted by molar-refractivity contribution is -0.143. The fraction of sp³-hybridized carbons (Fsp3) is 0.500. The monoisotopic (exact) mass is 306 g/mol. The number of aryl methyl sites for hydroxylation is 1. The number of likely N-dealkylation sites (tertiary alicyclic amines) is 1. The zero-order chi connectivity index (χ0) is 16.3. The number of carboxylic acids is 1. The number of nitrogens with zero attached hydrogens (tertiary/aromatic N) is 1. The van der Waals surface area contributed by atoms with Crippen LogP contribution in [0.2, 0.25) is 0 Å². The van der Waals surface area contributed by atoms with E-state index in [1.54, 1.807) is 18.1 Å². The summed E-state index contributed by atoms with van der Waals surface area (Å²) in [6.07, 6.45) is 0.604. The van der Waals surface area contributed by atoms with Crippen molar-refractivity contribution in [1.82, 2.24) is 4.90 Å². The molecule has 1 saturated heterocycles. The molecule has 2 unspecified atom stereocenters. The number of amides is 2. The molecule has 2 amide bonds. The first-order valence-electron chi connectivity index (χ1n) is 7.34. The number of nitrogens with one attached hydrogen (secondary N) is 1. The van der Waals surface area contributed by atoms with Crippen LogP contribution in [-0.4, -0.2) is 42.2 Å². The van der Waals surface area contributed by atoms with Crippen molar-refractivity contribution in [2.45, 2.75) is 20.3 Å². The number of carbonyl (C=O) groups excluding carboxylic acids is 1. The summed E-state index contributed by atoms with van der Waals surface area (Å²) in [7, 11) is 1.55. The predicted octanol–water partition coefficient (Wildman–Crippen LogP) is 2.58. The van der Waals surface area contributed by atoms with Gasteiger partial charge in [-0.15, -0.1) is 0 Å². The number of hydrogen-bond donors (Lipinski definition) is 2. The Morgan fingerprint density at radius 2 is 2.09 bits per heavy atom. The van der Waals surface area contributed by atoms with Crippen LogP contribution < -0.4 is 10.1 Å². The predicted molar refractivity (Wildman–Crippen MR) is 83.2 cm³/mol. The van der Waals surface area contributed by atoms with Crippen molar-refractivity contribution in [2.24, 2.45) is 11.8 Å². The number of ether oxygens (including phenoxy) is 1. The topological polar surface area (TPSA) is 78.9 Å². The molecule has 2 N–H and O–H groups in total. The van der Waals surface area contributed by atoms with E-state index in [4.69, 9.17) is 4.74 Å². The van der Waals surface area contributed by atoms with E-state index in [-0.39, 0.29) is 18.5 Å². The maximum atomic E-state index is 12.4. The van der Waals surface area contributed by atoms with Gasteiger partial charge < -0.3 is 20.1 Å². The molecular formula is C16H22N2O4. The average molecular weight is 306 g/mol. The van der Waals surface area contributed by atoms with E-state index in [0.29, 0.717) is 24.4 Å². The van der Waals surface area contributed by atoms with Gasteiger partial charge >= 0.3 is 12.0 Å². The van der Waals surface area contributed by atoms with Crippen LogP contribution in [0.4, 0.5) is 10.5 Å². The average Bonchev–Trinajstić information content (AvgIpc) is 2.46. The number of aliphatic carboxylic acids is 1. The molecule has 0 aliphatic carbocycles. The Morgan fingerprint density at radius 1 is 1.36 bits per heavy atom. The quantitative estimate of drug-likeness (QED) is 0.899. The number of methoxy groups -OCH3 is 1. The van der Waals surface area contributed by atoms with Crippen molar-refractivity contribution >= 4 is 17.7 Å². The molecule has 120 valence electrons. The van der Waals surface area contributed by atoms with Crippen LogP contribution in [-0.2, 0) is 4.79 Å². The van der Waals surface area contributed by atoms with E-state index in [2.05, 4.69) is 5.32 Å². The normalized spacial score (nSPS) is 21.3. The summed E-state index contributed by atoms with van der Waals surface area (Å²) in [6, 6.07) is 5.24. The van der Waals surface area contributed by atoms with Crippen molar-refractivity contribution in [3.8, 4) is 5.75 Å². The Labute approximate surface area is 130 Å². The van der Waals surface area contributed by atoms with Gasteiger partial charge in [-0.25, -0.2) is 4.79 Å². The highest BCUT2D eigenvalue weighted by atomic mass is 16.5. The fourth-order valence-corrected chi connectivity index (χ4v) is 2.81. The van der Waals surface area contributed by atoms with Gasteiger partial charge in [0.1, 0.15) is 5.75 Å². The molecule has 0 spiro atoms. The number of carboxylic acid groups (broad SMARTS) is 1. The number of anilines is 1. The Kier molecular flexibility index (Phi) is 4.90. The molecule has 1 aliphatic rings. The van der Waals surface area contributed by atoms with Crippen LogP contribution in [0, 0.1) is 18.8 Å². The molecule has 6 heteroatoms. The van der Waals surface area contributed by atoms with E-state index in [1.165, 1.54) is 0 Å². The summed E-state index contributed by atoms with van der Waals surface area (Å²) in [5, 5.41) is 12.0. The lowest BCUT2D eigenvalue weighted by Gasteiger charge is -2.34. The largest absolute Gasteiger partial charge is 0.495 e. The zero-order valence-electron chi connectivity index (χ0n) is 13.1. The molecule has 0 bridgehead atoms. The standard InChI is InChI=1S/C16H22N2O4/c1-10-4-5-14(22-3)13(7-10)17-16(21)18-8-11(2)6-12(9-18)15(19)20/h4-5,7,11-12H,6,8-9H2,1-3H3,(H,17,21)(H,19,20). The van der Waals surface area contributed by atoms with Crippen molar-refractivity contribution in [1.29, 1.82) is 0 Å². The van der Waals surface area contributed by atoms with Gasteiger partial charge in [0.05, 0.1) is 18.7 Å². The number of hydrogen-bond acceptors (Lipinski definition) is 3. The van der Waals surface area contributed by atoms with Crippen LogP contribution >= 0.6 is 0 Å². The smallest absolute Gasteiger partial charge is 0.321 e. The number of urea groups is 1. The summed E-state index contributed by atoms with van der Waals surface area (Å²) < 4.78 is 5.24. The van der Waals surface area contributed by atoms with Gasteiger partial charge in [-0.2, -0.15) is 0 Å². The Hall–Kier alpha value is -2.24. The first-order chi connectivity index (χ1) is 10.4. The Morgan fingerprint density at radius 3 is 2.73 bits per heavy atom. The van der Waals surface area contributed by atoms with E-state index in [0.717, 1.165) is 5.56 Å². The fourth-order valence-electron chi connectivity index (χ4n) is 2.81. The minimum Gasteiger partial charge on any atom is -0.495 e. The summed E-state index contributed by atoms with van der Waals surface area (Å²) in [6.45, 7) is 4.69. The van der Waals surface area contributed by atoms with Gasteiger partial charge in [-0.3, -0.25) is 4.79 Å². The summed E-state index contributed by atoms with van der Waals surface area (Å²) >= 11 is 0. The van der Waals surface area contributed by atoms with E-state index in [1.807, 2.05) is 26.0 Å². The van der Waals surface area contributed by atoms with Crippen LogP contribution in [0.1, 0.15) is 18.9 Å². The molecule has 1 aromatic rings. The second kappa shape index (κ2) is 6.68. The Bertz CT molecular complexity index is 573. The SMILES string of the molecule is COc1ccc(C)cc1NC(=O)N1CC(C)CC(C(=O)O)C1. The lowest BCUT2D eigenvalue weighted by Crippen LogP contribution is -2.47. The van der Waals surface area contributed by atoms with Crippen LogP contribution in [0.25, 0.3) is 0 Å². The van der Waals surface area contributed by atoms with Crippen molar-refractivity contribution < 1.29 is 19.4 Å². The number of rotatable bonds is 3. The van der Waals surface area contributed by atoms with Crippen molar-refractivity contribution in [3.05, 3.63) is 23.8 Å². The zero-order valence-corrected chi connectivity index (χ0v) is 13.1. The second-order valence-corrected chi connectivity index (χ2v) is 5.91. The van der Waals surface area contributed by atoms with Crippen molar-refractivity contribution in [2.75, 3.05) is 25.5 Å². The highest BCUT2D eigenvalue weighted by molar-refractivity contribution is 5.91. The second-order valence-electron chi connectivity index (χ2n) is 5.91. The van der Waals surface area contributed by atoms with Gasteiger partial charge in [-0.05, 0) is 37.0 Å². The molecule has 2 rings (SSSR count).